The number of hydrogen-bond donors (Lipinski definition) is 2. The quantitative estimate of drug-likeness (QED) is 0.810. The minimum Gasteiger partial charge on any atom is -0.378 e. The molecule has 0 aromatic carbocycles. The third-order valence-electron chi connectivity index (χ3n) is 4.59. The van der Waals surface area contributed by atoms with E-state index < -0.39 is 0 Å². The maximum Gasteiger partial charge on any atom is 0.209 e. The second-order valence-electron chi connectivity index (χ2n) is 5.96. The highest BCUT2D eigenvalue weighted by molar-refractivity contribution is 6.00. The number of rotatable bonds is 7. The van der Waals surface area contributed by atoms with Gasteiger partial charge in [-0.05, 0) is 37.8 Å². The molecule has 0 atom stereocenters. The van der Waals surface area contributed by atoms with Crippen molar-refractivity contribution in [2.75, 3.05) is 20.8 Å². The van der Waals surface area contributed by atoms with Crippen LogP contribution >= 0.6 is 0 Å². The molecule has 0 radical (unpaired) electrons. The lowest BCUT2D eigenvalue weighted by atomic mass is 10.0. The highest BCUT2D eigenvalue weighted by Crippen LogP contribution is 2.24. The van der Waals surface area contributed by atoms with Crippen molar-refractivity contribution in [3.05, 3.63) is 39.4 Å². The molecule has 1 aliphatic heterocycles. The van der Waals surface area contributed by atoms with Gasteiger partial charge in [-0.15, -0.1) is 0 Å². The third-order valence-corrected chi connectivity index (χ3v) is 4.59. The van der Waals surface area contributed by atoms with Gasteiger partial charge in [-0.3, -0.25) is 0 Å². The lowest BCUT2D eigenvalue weighted by Crippen LogP contribution is -2.69. The molecule has 4 nitrogen and oxygen atoms in total. The summed E-state index contributed by atoms with van der Waals surface area (Å²) < 4.78 is 10.6. The molecule has 2 heterocycles. The maximum absolute atomic E-state index is 5.32. The van der Waals surface area contributed by atoms with Gasteiger partial charge >= 0.3 is 0 Å². The maximum atomic E-state index is 5.32. The van der Waals surface area contributed by atoms with Crippen LogP contribution < -0.4 is 4.99 Å². The molecule has 0 fully saturated rings. The highest BCUT2D eigenvalue weighted by Gasteiger charge is 2.27. The van der Waals surface area contributed by atoms with E-state index in [0.717, 1.165) is 24.2 Å². The summed E-state index contributed by atoms with van der Waals surface area (Å²) >= 11 is 0. The van der Waals surface area contributed by atoms with Gasteiger partial charge in [-0.2, -0.15) is 0 Å². The van der Waals surface area contributed by atoms with Gasteiger partial charge in [0.05, 0.1) is 6.61 Å². The molecule has 0 unspecified atom stereocenters. The van der Waals surface area contributed by atoms with Crippen molar-refractivity contribution in [1.82, 2.24) is 4.98 Å². The van der Waals surface area contributed by atoms with Crippen LogP contribution in [0, 0.1) is 6.92 Å². The third kappa shape index (κ3) is 3.48. The zero-order valence-electron chi connectivity index (χ0n) is 15.2. The molecule has 1 aliphatic rings. The van der Waals surface area contributed by atoms with Gasteiger partial charge < -0.3 is 14.5 Å². The van der Waals surface area contributed by atoms with E-state index in [-0.39, 0.29) is 0 Å². The van der Waals surface area contributed by atoms with Crippen molar-refractivity contribution >= 4 is 11.8 Å². The number of methoxy groups -OCH3 is 2. The molecule has 0 saturated carbocycles. The van der Waals surface area contributed by atoms with E-state index in [2.05, 4.69) is 43.7 Å². The zero-order valence-corrected chi connectivity index (χ0v) is 15.2. The fourth-order valence-corrected chi connectivity index (χ4v) is 3.37. The Bertz CT molecular complexity index is 663. The first-order chi connectivity index (χ1) is 11.1. The minimum atomic E-state index is 0.622. The summed E-state index contributed by atoms with van der Waals surface area (Å²) in [6, 6.07) is 0. The van der Waals surface area contributed by atoms with Crippen LogP contribution in [0.5, 0.6) is 0 Å². The number of allylic oxidation sites excluding steroid dienone is 1. The summed E-state index contributed by atoms with van der Waals surface area (Å²) in [6.07, 6.45) is 4.22. The van der Waals surface area contributed by atoms with Crippen molar-refractivity contribution in [1.29, 1.82) is 0 Å². The molecule has 0 bridgehead atoms. The van der Waals surface area contributed by atoms with Crippen molar-refractivity contribution in [3.8, 4) is 0 Å². The van der Waals surface area contributed by atoms with E-state index >= 15 is 0 Å². The Balaban J connectivity index is 2.44. The molecular formula is C19H29N2O2+. The summed E-state index contributed by atoms with van der Waals surface area (Å²) in [5, 5.41) is 0. The lowest BCUT2D eigenvalue weighted by Gasteiger charge is -2.00. The molecule has 0 saturated heterocycles. The van der Waals surface area contributed by atoms with Crippen LogP contribution in [0.2, 0.25) is 0 Å². The average molecular weight is 317 g/mol. The van der Waals surface area contributed by atoms with Crippen LogP contribution in [0.15, 0.2) is 16.8 Å². The molecule has 1 aromatic rings. The first kappa shape index (κ1) is 17.7. The van der Waals surface area contributed by atoms with Gasteiger partial charge in [-0.1, -0.05) is 13.8 Å². The topological polar surface area (TPSA) is 48.2 Å². The molecule has 0 spiro atoms. The first-order valence-corrected chi connectivity index (χ1v) is 8.30. The Morgan fingerprint density at radius 2 is 1.74 bits per heavy atom. The van der Waals surface area contributed by atoms with E-state index in [4.69, 9.17) is 9.47 Å². The Morgan fingerprint density at radius 3 is 2.30 bits per heavy atom. The molecule has 4 heteroatoms. The number of H-pyrrole nitrogens is 1. The van der Waals surface area contributed by atoms with Gasteiger partial charge in [0.25, 0.3) is 0 Å². The first-order valence-electron chi connectivity index (χ1n) is 8.30. The molecule has 23 heavy (non-hydrogen) atoms. The predicted octanol–water partition coefficient (Wildman–Crippen LogP) is 2.28. The van der Waals surface area contributed by atoms with Gasteiger partial charge in [0.1, 0.15) is 6.61 Å². The number of nitrogens with one attached hydrogen (secondary N) is 2. The van der Waals surface area contributed by atoms with Gasteiger partial charge in [0.15, 0.2) is 0 Å². The van der Waals surface area contributed by atoms with Crippen LogP contribution in [-0.2, 0) is 22.5 Å². The molecule has 126 valence electrons. The second kappa shape index (κ2) is 7.75. The van der Waals surface area contributed by atoms with Crippen LogP contribution in [-0.4, -0.2) is 31.5 Å². The molecular weight excluding hydrogens is 288 g/mol. The van der Waals surface area contributed by atoms with E-state index in [1.807, 2.05) is 0 Å². The second-order valence-corrected chi connectivity index (χ2v) is 5.96. The zero-order chi connectivity index (χ0) is 17.0. The van der Waals surface area contributed by atoms with Crippen molar-refractivity contribution < 1.29 is 14.5 Å². The van der Waals surface area contributed by atoms with Gasteiger partial charge in [0, 0.05) is 42.8 Å². The lowest BCUT2D eigenvalue weighted by molar-refractivity contribution is -0.388. The Labute approximate surface area is 139 Å². The van der Waals surface area contributed by atoms with Gasteiger partial charge in [0.2, 0.25) is 11.4 Å². The molecule has 1 aromatic heterocycles. The summed E-state index contributed by atoms with van der Waals surface area (Å²) in [4.78, 5) is 7.05. The largest absolute Gasteiger partial charge is 0.378 e. The molecule has 0 aliphatic carbocycles. The Hall–Kier alpha value is -1.65. The van der Waals surface area contributed by atoms with Crippen LogP contribution in [0.4, 0.5) is 0 Å². The monoisotopic (exact) mass is 317 g/mol. The normalized spacial score (nSPS) is 16.6. The van der Waals surface area contributed by atoms with Crippen molar-refractivity contribution in [3.63, 3.8) is 0 Å². The minimum absolute atomic E-state index is 0.622. The summed E-state index contributed by atoms with van der Waals surface area (Å²) in [5.41, 5.74) is 9.99. The Morgan fingerprint density at radius 1 is 1.04 bits per heavy atom. The standard InChI is InChI=1S/C19H28N2O2/c1-7-14-12(3)16(20-18(14)10-22-5)9-17-13(4)15(8-2)19(21-17)11-23-6/h9,20H,7-8,10-11H2,1-6H3/p+1/b17-9-. The Kier molecular flexibility index (Phi) is 5.97. The summed E-state index contributed by atoms with van der Waals surface area (Å²) in [5.74, 6) is 0. The van der Waals surface area contributed by atoms with E-state index in [9.17, 15) is 0 Å². The number of hydrogen-bond acceptors (Lipinski definition) is 2. The van der Waals surface area contributed by atoms with E-state index in [0.29, 0.717) is 13.2 Å². The fourth-order valence-electron chi connectivity index (χ4n) is 3.37. The van der Waals surface area contributed by atoms with Gasteiger partial charge in [-0.25, -0.2) is 4.99 Å². The summed E-state index contributed by atoms with van der Waals surface area (Å²) in [6.45, 7) is 9.97. The number of ether oxygens (including phenoxy) is 2. The van der Waals surface area contributed by atoms with Crippen LogP contribution in [0.3, 0.4) is 0 Å². The van der Waals surface area contributed by atoms with Crippen molar-refractivity contribution in [2.45, 2.75) is 47.1 Å². The molecule has 2 rings (SSSR count). The van der Waals surface area contributed by atoms with Crippen molar-refractivity contribution in [2.24, 2.45) is 0 Å². The smallest absolute Gasteiger partial charge is 0.209 e. The summed E-state index contributed by atoms with van der Waals surface area (Å²) in [7, 11) is 3.47. The SMILES string of the molecule is CCC1=C(C)/C(=C/c2[nH]c(COC)c(CC)c2C)[NH+]=C1COC. The fraction of sp³-hybridized carbons (Fsp3) is 0.526. The van der Waals surface area contributed by atoms with Crippen LogP contribution in [0.25, 0.3) is 6.08 Å². The molecule has 2 N–H and O–H groups in total. The van der Waals surface area contributed by atoms with E-state index in [1.165, 1.54) is 33.7 Å². The number of aromatic amines is 1. The average Bonchev–Trinajstić information content (AvgIpc) is 2.98. The highest BCUT2D eigenvalue weighted by atomic mass is 16.5. The van der Waals surface area contributed by atoms with Crippen LogP contribution in [0.1, 0.15) is 49.7 Å². The van der Waals surface area contributed by atoms with E-state index in [1.54, 1.807) is 14.2 Å². The predicted molar refractivity (Wildman–Crippen MR) is 94.4 cm³/mol. The number of aromatic nitrogens is 1. The molecule has 0 amide bonds.